The zero-order chi connectivity index (χ0) is 25.8. The van der Waals surface area contributed by atoms with Crippen molar-refractivity contribution in [3.63, 3.8) is 0 Å². The smallest absolute Gasteiger partial charge is 0.264 e. The average Bonchev–Trinajstić information content (AvgIpc) is 3.70. The second-order valence-electron chi connectivity index (χ2n) is 9.97. The molecule has 6 rings (SSSR count). The highest BCUT2D eigenvalue weighted by atomic mass is 32.2. The predicted octanol–water partition coefficient (Wildman–Crippen LogP) is 4.24. The molecule has 1 aromatic heterocycles. The molecule has 1 saturated heterocycles. The number of nitrogens with zero attached hydrogens (tertiary/aromatic N) is 2. The third-order valence-electron chi connectivity index (χ3n) is 7.76. The van der Waals surface area contributed by atoms with Crippen molar-refractivity contribution in [2.45, 2.75) is 42.0 Å². The Kier molecular flexibility index (Phi) is 5.91. The molecule has 1 aliphatic carbocycles. The van der Waals surface area contributed by atoms with E-state index in [9.17, 15) is 21.8 Å². The molecule has 1 saturated carbocycles. The van der Waals surface area contributed by atoms with E-state index in [0.29, 0.717) is 41.3 Å². The van der Waals surface area contributed by atoms with Crippen molar-refractivity contribution in [3.8, 4) is 0 Å². The number of carbonyl (C=O) groups is 1. The van der Waals surface area contributed by atoms with Crippen molar-refractivity contribution in [2.75, 3.05) is 21.1 Å². The van der Waals surface area contributed by atoms with Crippen LogP contribution in [0.25, 0.3) is 0 Å². The first-order chi connectivity index (χ1) is 17.8. The van der Waals surface area contributed by atoms with Gasteiger partial charge in [-0.3, -0.25) is 18.3 Å². The molecule has 1 atom stereocenters. The zero-order valence-corrected chi connectivity index (χ0v) is 21.6. The lowest BCUT2D eigenvalue weighted by Gasteiger charge is -2.41. The van der Waals surface area contributed by atoms with E-state index < -0.39 is 32.1 Å². The summed E-state index contributed by atoms with van der Waals surface area (Å²) in [6.45, 7) is 0. The Morgan fingerprint density at radius 1 is 1.08 bits per heavy atom. The number of halogens is 1. The fourth-order valence-electron chi connectivity index (χ4n) is 5.88. The van der Waals surface area contributed by atoms with Crippen LogP contribution in [0.2, 0.25) is 0 Å². The highest BCUT2D eigenvalue weighted by Crippen LogP contribution is 2.59. The molecule has 2 aromatic carbocycles. The molecule has 3 heterocycles. The number of rotatable bonds is 5. The number of aromatic nitrogens is 1. The Balaban J connectivity index is 1.47. The van der Waals surface area contributed by atoms with Crippen molar-refractivity contribution < 1.29 is 21.8 Å². The third-order valence-corrected chi connectivity index (χ3v) is 10.9. The molecule has 2 fully saturated rings. The van der Waals surface area contributed by atoms with E-state index in [1.807, 2.05) is 6.07 Å². The minimum Gasteiger partial charge on any atom is -0.322 e. The lowest BCUT2D eigenvalue weighted by atomic mass is 9.70. The standard InChI is InChI=1S/C27H26FN3O4S2/c28-20-5-8-22(9-6-20)37(34,35)31-24-10-7-21(30-26(32)19-2-1-13-29-17-19)16-23(24)27(25(31)18-3-4-18)11-14-36(33)15-12-27/h1-2,5-10,13,16-18,25H,3-4,11-12,14-15H2,(H,30,32). The molecule has 1 N–H and O–H groups in total. The number of fused-ring (bicyclic) bond motifs is 2. The van der Waals surface area contributed by atoms with Gasteiger partial charge >= 0.3 is 0 Å². The van der Waals surface area contributed by atoms with E-state index in [4.69, 9.17) is 0 Å². The van der Waals surface area contributed by atoms with Gasteiger partial charge in [0.05, 0.1) is 22.2 Å². The minimum atomic E-state index is -4.00. The maximum absolute atomic E-state index is 14.1. The molecule has 1 unspecified atom stereocenters. The Hall–Kier alpha value is -3.11. The summed E-state index contributed by atoms with van der Waals surface area (Å²) in [6, 6.07) is 13.3. The molecule has 1 spiro atoms. The van der Waals surface area contributed by atoms with Crippen molar-refractivity contribution >= 4 is 38.1 Å². The summed E-state index contributed by atoms with van der Waals surface area (Å²) >= 11 is 0. The number of pyridine rings is 1. The lowest BCUT2D eigenvalue weighted by molar-refractivity contribution is 0.102. The number of benzene rings is 2. The summed E-state index contributed by atoms with van der Waals surface area (Å²) < 4.78 is 55.7. The van der Waals surface area contributed by atoms with E-state index in [1.165, 1.54) is 22.6 Å². The van der Waals surface area contributed by atoms with E-state index in [-0.39, 0.29) is 22.8 Å². The number of hydrogen-bond acceptors (Lipinski definition) is 5. The van der Waals surface area contributed by atoms with Crippen LogP contribution in [-0.2, 0) is 26.2 Å². The second-order valence-corrected chi connectivity index (χ2v) is 13.5. The quantitative estimate of drug-likeness (QED) is 0.523. The number of anilines is 2. The van der Waals surface area contributed by atoms with Gasteiger partial charge in [0.25, 0.3) is 15.9 Å². The first kappa shape index (κ1) is 24.2. The fourth-order valence-corrected chi connectivity index (χ4v) is 9.06. The summed E-state index contributed by atoms with van der Waals surface area (Å²) in [6.07, 6.45) is 6.12. The molecular weight excluding hydrogens is 513 g/mol. The van der Waals surface area contributed by atoms with Crippen molar-refractivity contribution in [3.05, 3.63) is 83.9 Å². The van der Waals surface area contributed by atoms with Crippen LogP contribution in [0.1, 0.15) is 41.6 Å². The van der Waals surface area contributed by atoms with Crippen LogP contribution < -0.4 is 9.62 Å². The normalized spacial score (nSPS) is 25.2. The van der Waals surface area contributed by atoms with Crippen LogP contribution in [0, 0.1) is 11.7 Å². The van der Waals surface area contributed by atoms with Gasteiger partial charge in [-0.15, -0.1) is 0 Å². The van der Waals surface area contributed by atoms with Crippen LogP contribution in [0.3, 0.4) is 0 Å². The maximum atomic E-state index is 14.1. The monoisotopic (exact) mass is 539 g/mol. The van der Waals surface area contributed by atoms with E-state index in [2.05, 4.69) is 10.3 Å². The van der Waals surface area contributed by atoms with Crippen LogP contribution in [0.5, 0.6) is 0 Å². The molecule has 3 aromatic rings. The third kappa shape index (κ3) is 4.16. The molecule has 2 aliphatic heterocycles. The average molecular weight is 540 g/mol. The summed E-state index contributed by atoms with van der Waals surface area (Å²) in [7, 11) is -4.94. The van der Waals surface area contributed by atoms with Gasteiger partial charge in [0.15, 0.2) is 0 Å². The summed E-state index contributed by atoms with van der Waals surface area (Å²) in [5.74, 6) is 0.375. The minimum absolute atomic E-state index is 0.0379. The summed E-state index contributed by atoms with van der Waals surface area (Å²) in [5.41, 5.74) is 1.91. The number of carbonyl (C=O) groups excluding carboxylic acids is 1. The first-order valence-electron chi connectivity index (χ1n) is 12.3. The van der Waals surface area contributed by atoms with E-state index in [1.54, 1.807) is 30.5 Å². The van der Waals surface area contributed by atoms with Gasteiger partial charge in [0.2, 0.25) is 0 Å². The highest BCUT2D eigenvalue weighted by Gasteiger charge is 2.60. The van der Waals surface area contributed by atoms with Gasteiger partial charge < -0.3 is 5.32 Å². The van der Waals surface area contributed by atoms with Crippen LogP contribution in [-0.4, -0.2) is 41.1 Å². The molecule has 7 nitrogen and oxygen atoms in total. The Morgan fingerprint density at radius 2 is 1.81 bits per heavy atom. The molecule has 37 heavy (non-hydrogen) atoms. The van der Waals surface area contributed by atoms with Gasteiger partial charge in [-0.05, 0) is 91.8 Å². The zero-order valence-electron chi connectivity index (χ0n) is 20.0. The number of amides is 1. The maximum Gasteiger partial charge on any atom is 0.264 e. The molecular formula is C27H26FN3O4S2. The van der Waals surface area contributed by atoms with Gasteiger partial charge in [-0.25, -0.2) is 12.8 Å². The first-order valence-corrected chi connectivity index (χ1v) is 15.2. The van der Waals surface area contributed by atoms with Crippen LogP contribution >= 0.6 is 0 Å². The number of hydrogen-bond donors (Lipinski definition) is 1. The van der Waals surface area contributed by atoms with Crippen molar-refractivity contribution in [1.29, 1.82) is 0 Å². The number of nitrogens with one attached hydrogen (secondary N) is 1. The SMILES string of the molecule is O=C(Nc1ccc2c(c1)C1(CCS(=O)CC1)C(C1CC1)N2S(=O)(=O)c1ccc(F)cc1)c1cccnc1. The molecule has 0 bridgehead atoms. The van der Waals surface area contributed by atoms with E-state index in [0.717, 1.165) is 30.5 Å². The van der Waals surface area contributed by atoms with Crippen molar-refractivity contribution in [2.24, 2.45) is 5.92 Å². The summed E-state index contributed by atoms with van der Waals surface area (Å²) in [5, 5.41) is 2.92. The fraction of sp³-hybridized carbons (Fsp3) is 0.333. The topological polar surface area (TPSA) is 96.4 Å². The Labute approximate surface area is 217 Å². The predicted molar refractivity (Wildman–Crippen MR) is 140 cm³/mol. The van der Waals surface area contributed by atoms with Gasteiger partial charge in [0.1, 0.15) is 5.82 Å². The van der Waals surface area contributed by atoms with E-state index >= 15 is 0 Å². The molecule has 0 radical (unpaired) electrons. The summed E-state index contributed by atoms with van der Waals surface area (Å²) in [4.78, 5) is 16.9. The van der Waals surface area contributed by atoms with Crippen molar-refractivity contribution in [1.82, 2.24) is 4.98 Å². The molecule has 1 amide bonds. The van der Waals surface area contributed by atoms with Crippen LogP contribution in [0.4, 0.5) is 15.8 Å². The largest absolute Gasteiger partial charge is 0.322 e. The number of sulfonamides is 1. The lowest BCUT2D eigenvalue weighted by Crippen LogP contribution is -2.51. The van der Waals surface area contributed by atoms with Gasteiger partial charge in [-0.2, -0.15) is 0 Å². The molecule has 3 aliphatic rings. The molecule has 192 valence electrons. The Bertz CT molecular complexity index is 1480. The van der Waals surface area contributed by atoms with Crippen LogP contribution in [0.15, 0.2) is 71.9 Å². The second kappa shape index (κ2) is 9.02. The Morgan fingerprint density at radius 3 is 2.46 bits per heavy atom. The van der Waals surface area contributed by atoms with Gasteiger partial charge in [-0.1, -0.05) is 0 Å². The van der Waals surface area contributed by atoms with Gasteiger partial charge in [0, 0.05) is 45.8 Å². The molecule has 10 heteroatoms. The highest BCUT2D eigenvalue weighted by molar-refractivity contribution is 7.93.